The molecule has 0 aromatic heterocycles. The average molecular weight is 438 g/mol. The number of hydrogen-bond donors (Lipinski definition) is 0. The maximum absolute atomic E-state index is 3.73. The zero-order valence-electron chi connectivity index (χ0n) is 13.9. The van der Waals surface area contributed by atoms with Gasteiger partial charge in [-0.25, -0.2) is 0 Å². The fourth-order valence-electron chi connectivity index (χ4n) is 4.88. The van der Waals surface area contributed by atoms with Gasteiger partial charge in [-0.1, -0.05) is 88.4 Å². The van der Waals surface area contributed by atoms with E-state index < -0.39 is 0 Å². The molecule has 0 nitrogen and oxygen atoms in total. The summed E-state index contributed by atoms with van der Waals surface area (Å²) in [6.07, 6.45) is 16.3. The Morgan fingerprint density at radius 2 is 2.09 bits per heavy atom. The van der Waals surface area contributed by atoms with Gasteiger partial charge in [0.1, 0.15) is 0 Å². The van der Waals surface area contributed by atoms with E-state index in [4.69, 9.17) is 0 Å². The monoisotopic (exact) mass is 436 g/mol. The third-order valence-corrected chi connectivity index (χ3v) is 6.83. The fourth-order valence-corrected chi connectivity index (χ4v) is 5.79. The van der Waals surface area contributed by atoms with E-state index in [-0.39, 0.29) is 0 Å². The fraction of sp³-hybridized carbons (Fsp3) is 0.524. The largest absolute Gasteiger partial charge is 0.0828 e. The lowest BCUT2D eigenvalue weighted by molar-refractivity contribution is 0.123. The van der Waals surface area contributed by atoms with Gasteiger partial charge in [-0.15, -0.1) is 0 Å². The molecule has 1 aromatic rings. The Balaban J connectivity index is 2.10. The first kappa shape index (κ1) is 17.5. The second-order valence-corrected chi connectivity index (χ2v) is 8.91. The molecule has 3 unspecified atom stereocenters. The van der Waals surface area contributed by atoms with E-state index in [2.05, 4.69) is 81.3 Å². The zero-order valence-corrected chi connectivity index (χ0v) is 17.1. The third kappa shape index (κ3) is 3.54. The highest BCUT2D eigenvalue weighted by atomic mass is 79.9. The van der Waals surface area contributed by atoms with E-state index in [0.717, 1.165) is 5.92 Å². The summed E-state index contributed by atoms with van der Waals surface area (Å²) in [5.74, 6) is 1.40. The highest BCUT2D eigenvalue weighted by molar-refractivity contribution is 9.12. The minimum Gasteiger partial charge on any atom is -0.0828 e. The van der Waals surface area contributed by atoms with E-state index in [1.54, 1.807) is 5.56 Å². The quantitative estimate of drug-likeness (QED) is 0.456. The third-order valence-electron chi connectivity index (χ3n) is 5.81. The van der Waals surface area contributed by atoms with Crippen LogP contribution in [0.1, 0.15) is 57.4 Å². The SMILES string of the molecule is CCCC1CCCCC1(c1cccc(Br)c1)C1C=C(Br)C=CC1. The van der Waals surface area contributed by atoms with E-state index in [9.17, 15) is 0 Å². The number of benzene rings is 1. The van der Waals surface area contributed by atoms with Crippen molar-refractivity contribution in [3.8, 4) is 0 Å². The van der Waals surface area contributed by atoms with E-state index in [0.29, 0.717) is 11.3 Å². The summed E-state index contributed by atoms with van der Waals surface area (Å²) in [6, 6.07) is 9.13. The summed E-state index contributed by atoms with van der Waals surface area (Å²) in [5, 5.41) is 0. The van der Waals surface area contributed by atoms with Gasteiger partial charge in [0.15, 0.2) is 0 Å². The van der Waals surface area contributed by atoms with Crippen molar-refractivity contribution >= 4 is 31.9 Å². The molecule has 3 atom stereocenters. The number of rotatable bonds is 4. The van der Waals surface area contributed by atoms with Crippen molar-refractivity contribution in [1.82, 2.24) is 0 Å². The average Bonchev–Trinajstić information content (AvgIpc) is 2.56. The molecule has 23 heavy (non-hydrogen) atoms. The number of hydrogen-bond acceptors (Lipinski definition) is 0. The summed E-state index contributed by atoms with van der Waals surface area (Å²) in [4.78, 5) is 0. The molecular weight excluding hydrogens is 412 g/mol. The van der Waals surface area contributed by atoms with Gasteiger partial charge in [-0.2, -0.15) is 0 Å². The molecule has 1 saturated carbocycles. The molecule has 3 rings (SSSR count). The Labute approximate surface area is 157 Å². The first-order valence-corrected chi connectivity index (χ1v) is 10.6. The van der Waals surface area contributed by atoms with Crippen LogP contribution in [-0.2, 0) is 5.41 Å². The molecule has 1 fully saturated rings. The Morgan fingerprint density at radius 3 is 2.83 bits per heavy atom. The normalized spacial score (nSPS) is 31.0. The van der Waals surface area contributed by atoms with Crippen molar-refractivity contribution < 1.29 is 0 Å². The van der Waals surface area contributed by atoms with Gasteiger partial charge in [-0.3, -0.25) is 0 Å². The van der Waals surface area contributed by atoms with E-state index in [1.807, 2.05) is 0 Å². The standard InChI is InChI=1S/C21H26Br2/c1-2-7-16-8-3-4-13-21(16,17-9-5-11-19(22)14-17)18-10-6-12-20(23)15-18/h5-6,9,11-12,14-16,18H,2-4,7-8,10,13H2,1H3. The van der Waals surface area contributed by atoms with Gasteiger partial charge in [0.05, 0.1) is 0 Å². The van der Waals surface area contributed by atoms with Crippen LogP contribution in [0.4, 0.5) is 0 Å². The summed E-state index contributed by atoms with van der Waals surface area (Å²) in [6.45, 7) is 2.34. The maximum atomic E-state index is 3.73. The first-order chi connectivity index (χ1) is 11.2. The van der Waals surface area contributed by atoms with Gasteiger partial charge in [-0.05, 0) is 55.2 Å². The molecule has 124 valence electrons. The first-order valence-electron chi connectivity index (χ1n) is 8.96. The van der Waals surface area contributed by atoms with Crippen molar-refractivity contribution in [3.63, 3.8) is 0 Å². The van der Waals surface area contributed by atoms with Crippen molar-refractivity contribution in [2.45, 2.75) is 57.3 Å². The van der Waals surface area contributed by atoms with E-state index in [1.165, 1.54) is 53.9 Å². The Morgan fingerprint density at radius 1 is 1.22 bits per heavy atom. The molecule has 0 heterocycles. The summed E-state index contributed by atoms with van der Waals surface area (Å²) >= 11 is 7.44. The molecule has 0 aliphatic heterocycles. The molecule has 1 aromatic carbocycles. The molecule has 0 saturated heterocycles. The highest BCUT2D eigenvalue weighted by Crippen LogP contribution is 2.53. The molecule has 2 heteroatoms. The van der Waals surface area contributed by atoms with Gasteiger partial charge < -0.3 is 0 Å². The highest BCUT2D eigenvalue weighted by Gasteiger charge is 2.46. The topological polar surface area (TPSA) is 0 Å². The Bertz CT molecular complexity index is 600. The van der Waals surface area contributed by atoms with E-state index >= 15 is 0 Å². The van der Waals surface area contributed by atoms with Crippen LogP contribution in [0.25, 0.3) is 0 Å². The Hall–Kier alpha value is -0.340. The van der Waals surface area contributed by atoms with Gasteiger partial charge in [0.2, 0.25) is 0 Å². The molecule has 0 bridgehead atoms. The lowest BCUT2D eigenvalue weighted by atomic mass is 9.54. The predicted molar refractivity (Wildman–Crippen MR) is 107 cm³/mol. The predicted octanol–water partition coefficient (Wildman–Crippen LogP) is 7.53. The number of halogens is 2. The maximum Gasteiger partial charge on any atom is 0.0178 e. The van der Waals surface area contributed by atoms with Crippen LogP contribution in [0.3, 0.4) is 0 Å². The lowest BCUT2D eigenvalue weighted by Crippen LogP contribution is -2.44. The summed E-state index contributed by atoms with van der Waals surface area (Å²) < 4.78 is 2.47. The molecular formula is C21H26Br2. The Kier molecular flexibility index (Phi) is 5.85. The molecule has 0 amide bonds. The molecule has 0 radical (unpaired) electrons. The van der Waals surface area contributed by atoms with Gasteiger partial charge in [0.25, 0.3) is 0 Å². The van der Waals surface area contributed by atoms with Crippen molar-refractivity contribution in [1.29, 1.82) is 0 Å². The van der Waals surface area contributed by atoms with Crippen LogP contribution in [0.2, 0.25) is 0 Å². The second-order valence-electron chi connectivity index (χ2n) is 7.08. The second kappa shape index (κ2) is 7.70. The summed E-state index contributed by atoms with van der Waals surface area (Å²) in [5.41, 5.74) is 1.84. The van der Waals surface area contributed by atoms with Crippen molar-refractivity contribution in [2.75, 3.05) is 0 Å². The van der Waals surface area contributed by atoms with Crippen LogP contribution in [0.5, 0.6) is 0 Å². The minimum atomic E-state index is 0.293. The van der Waals surface area contributed by atoms with Crippen molar-refractivity contribution in [3.05, 3.63) is 57.0 Å². The van der Waals surface area contributed by atoms with Gasteiger partial charge in [0, 0.05) is 14.4 Å². The molecule has 2 aliphatic rings. The van der Waals surface area contributed by atoms with Crippen LogP contribution < -0.4 is 0 Å². The zero-order chi connectivity index (χ0) is 16.3. The van der Waals surface area contributed by atoms with Crippen LogP contribution in [0, 0.1) is 11.8 Å². The van der Waals surface area contributed by atoms with Crippen LogP contribution >= 0.6 is 31.9 Å². The van der Waals surface area contributed by atoms with Crippen molar-refractivity contribution in [2.24, 2.45) is 11.8 Å². The summed E-state index contributed by atoms with van der Waals surface area (Å²) in [7, 11) is 0. The molecule has 0 spiro atoms. The van der Waals surface area contributed by atoms with Crippen LogP contribution in [0.15, 0.2) is 51.4 Å². The molecule has 2 aliphatic carbocycles. The van der Waals surface area contributed by atoms with Crippen LogP contribution in [-0.4, -0.2) is 0 Å². The molecule has 0 N–H and O–H groups in total. The lowest BCUT2D eigenvalue weighted by Gasteiger charge is -2.50. The minimum absolute atomic E-state index is 0.293. The smallest absolute Gasteiger partial charge is 0.0178 e. The van der Waals surface area contributed by atoms with Gasteiger partial charge >= 0.3 is 0 Å². The number of allylic oxidation sites excluding steroid dienone is 4.